The Morgan fingerprint density at radius 3 is 2.89 bits per heavy atom. The monoisotopic (exact) mass is 380 g/mol. The summed E-state index contributed by atoms with van der Waals surface area (Å²) in [5.41, 5.74) is -0.517. The van der Waals surface area contributed by atoms with Crippen LogP contribution in [0.3, 0.4) is 0 Å². The van der Waals surface area contributed by atoms with Crippen LogP contribution in [0, 0.1) is 23.1 Å². The van der Waals surface area contributed by atoms with Gasteiger partial charge >= 0.3 is 6.03 Å². The Morgan fingerprint density at radius 1 is 1.39 bits per heavy atom. The van der Waals surface area contributed by atoms with Crippen LogP contribution in [0.2, 0.25) is 0 Å². The SMILES string of the molecule is CCC(=O)C1(NC(=O)Nc2ccc(C#N)cn2)[C@@H]2c3c(F)cccc3OC[C@@H]21. The summed E-state index contributed by atoms with van der Waals surface area (Å²) in [4.78, 5) is 29.3. The number of carbonyl (C=O) groups is 2. The molecule has 2 aromatic rings. The number of hydrogen-bond donors (Lipinski definition) is 2. The second-order valence-corrected chi connectivity index (χ2v) is 6.82. The van der Waals surface area contributed by atoms with Crippen LogP contribution in [0.5, 0.6) is 5.75 Å². The van der Waals surface area contributed by atoms with Gasteiger partial charge in [0, 0.05) is 30.0 Å². The lowest BCUT2D eigenvalue weighted by Crippen LogP contribution is -2.48. The van der Waals surface area contributed by atoms with E-state index in [1.165, 1.54) is 24.4 Å². The average molecular weight is 380 g/mol. The lowest BCUT2D eigenvalue weighted by molar-refractivity contribution is -0.122. The molecule has 1 aliphatic carbocycles. The predicted octanol–water partition coefficient (Wildman–Crippen LogP) is 2.74. The van der Waals surface area contributed by atoms with Crippen LogP contribution in [-0.4, -0.2) is 28.9 Å². The summed E-state index contributed by atoms with van der Waals surface area (Å²) in [5, 5.41) is 14.1. The van der Waals surface area contributed by atoms with Gasteiger partial charge in [-0.1, -0.05) is 13.0 Å². The molecule has 3 atom stereocenters. The number of fused-ring (bicyclic) bond motifs is 3. The first-order chi connectivity index (χ1) is 13.5. The number of nitrogens with one attached hydrogen (secondary N) is 2. The molecule has 28 heavy (non-hydrogen) atoms. The van der Waals surface area contributed by atoms with Gasteiger partial charge in [-0.2, -0.15) is 5.26 Å². The molecule has 1 unspecified atom stereocenters. The van der Waals surface area contributed by atoms with Crippen LogP contribution in [0.1, 0.15) is 30.4 Å². The quantitative estimate of drug-likeness (QED) is 0.849. The molecule has 1 aromatic carbocycles. The summed E-state index contributed by atoms with van der Waals surface area (Å²) in [6.45, 7) is 1.93. The highest BCUT2D eigenvalue weighted by atomic mass is 19.1. The summed E-state index contributed by atoms with van der Waals surface area (Å²) in [6.07, 6.45) is 1.53. The molecule has 1 aliphatic heterocycles. The lowest BCUT2D eigenvalue weighted by atomic mass is 10.00. The molecule has 1 aromatic heterocycles. The van der Waals surface area contributed by atoms with E-state index in [1.54, 1.807) is 19.1 Å². The molecule has 1 saturated carbocycles. The van der Waals surface area contributed by atoms with E-state index in [0.29, 0.717) is 16.9 Å². The molecule has 1 fully saturated rings. The first-order valence-corrected chi connectivity index (χ1v) is 8.91. The smallest absolute Gasteiger partial charge is 0.321 e. The number of Topliss-reactive ketones (excluding diaryl/α,β-unsaturated/α-hetero) is 1. The van der Waals surface area contributed by atoms with Crippen molar-refractivity contribution in [2.45, 2.75) is 24.8 Å². The van der Waals surface area contributed by atoms with Crippen LogP contribution in [0.4, 0.5) is 15.0 Å². The van der Waals surface area contributed by atoms with E-state index in [2.05, 4.69) is 15.6 Å². The minimum Gasteiger partial charge on any atom is -0.493 e. The van der Waals surface area contributed by atoms with Gasteiger partial charge in [-0.15, -0.1) is 0 Å². The van der Waals surface area contributed by atoms with Crippen molar-refractivity contribution in [3.05, 3.63) is 53.5 Å². The number of halogens is 1. The Labute approximate surface area is 160 Å². The van der Waals surface area contributed by atoms with E-state index >= 15 is 0 Å². The molecule has 0 saturated heterocycles. The molecule has 4 rings (SSSR count). The van der Waals surface area contributed by atoms with Crippen molar-refractivity contribution in [1.29, 1.82) is 5.26 Å². The van der Waals surface area contributed by atoms with Crippen LogP contribution >= 0.6 is 0 Å². The van der Waals surface area contributed by atoms with E-state index in [9.17, 15) is 14.0 Å². The highest BCUT2D eigenvalue weighted by molar-refractivity contribution is 6.01. The zero-order valence-electron chi connectivity index (χ0n) is 15.0. The number of benzene rings is 1. The Morgan fingerprint density at radius 2 is 2.21 bits per heavy atom. The highest BCUT2D eigenvalue weighted by Crippen LogP contribution is 2.63. The zero-order valence-corrected chi connectivity index (χ0v) is 15.0. The van der Waals surface area contributed by atoms with Crippen LogP contribution < -0.4 is 15.4 Å². The number of amides is 2. The minimum atomic E-state index is -1.21. The Bertz CT molecular complexity index is 1000. The summed E-state index contributed by atoms with van der Waals surface area (Å²) in [6, 6.07) is 8.87. The number of pyridine rings is 1. The number of anilines is 1. The van der Waals surface area contributed by atoms with Crippen molar-refractivity contribution in [2.24, 2.45) is 5.92 Å². The Balaban J connectivity index is 1.60. The molecule has 0 radical (unpaired) electrons. The summed E-state index contributed by atoms with van der Waals surface area (Å²) < 4.78 is 20.1. The Hall–Kier alpha value is -3.47. The van der Waals surface area contributed by atoms with Crippen molar-refractivity contribution in [3.63, 3.8) is 0 Å². The lowest BCUT2D eigenvalue weighted by Gasteiger charge is -2.18. The number of aromatic nitrogens is 1. The summed E-state index contributed by atoms with van der Waals surface area (Å²) >= 11 is 0. The average Bonchev–Trinajstić information content (AvgIpc) is 3.36. The normalized spacial score (nSPS) is 24.0. The molecule has 142 valence electrons. The second kappa shape index (κ2) is 6.60. The molecule has 2 N–H and O–H groups in total. The summed E-state index contributed by atoms with van der Waals surface area (Å²) in [7, 11) is 0. The molecule has 8 heteroatoms. The van der Waals surface area contributed by atoms with E-state index in [-0.39, 0.29) is 30.5 Å². The number of nitriles is 1. The second-order valence-electron chi connectivity index (χ2n) is 6.82. The maximum Gasteiger partial charge on any atom is 0.321 e. The van der Waals surface area contributed by atoms with Gasteiger partial charge in [-0.05, 0) is 24.3 Å². The van der Waals surface area contributed by atoms with Crippen molar-refractivity contribution in [2.75, 3.05) is 11.9 Å². The van der Waals surface area contributed by atoms with Gasteiger partial charge < -0.3 is 10.1 Å². The standard InChI is InChI=1S/C20H17FN4O3/c1-2-15(26)20(25-19(27)24-16-7-6-11(8-22)9-23-16)12-10-28-14-5-3-4-13(21)17(14)18(12)20/h3-7,9,12,18H,2,10H2,1H3,(H2,23,24,25,27)/t12-,18-,20?/m0/s1. The topological polar surface area (TPSA) is 104 Å². The number of hydrogen-bond acceptors (Lipinski definition) is 5. The number of ether oxygens (including phenoxy) is 1. The van der Waals surface area contributed by atoms with Crippen LogP contribution in [0.15, 0.2) is 36.5 Å². The third kappa shape index (κ3) is 2.67. The van der Waals surface area contributed by atoms with Gasteiger partial charge in [0.05, 0.1) is 12.2 Å². The zero-order chi connectivity index (χ0) is 19.9. The van der Waals surface area contributed by atoms with Crippen LogP contribution in [-0.2, 0) is 4.79 Å². The van der Waals surface area contributed by atoms with Crippen molar-refractivity contribution in [3.8, 4) is 11.8 Å². The molecular weight excluding hydrogens is 363 g/mol. The molecule has 2 heterocycles. The number of urea groups is 1. The fraction of sp³-hybridized carbons (Fsp3) is 0.300. The third-order valence-corrected chi connectivity index (χ3v) is 5.35. The van der Waals surface area contributed by atoms with E-state index in [0.717, 1.165) is 0 Å². The maximum atomic E-state index is 14.5. The van der Waals surface area contributed by atoms with Crippen molar-refractivity contribution < 1.29 is 18.7 Å². The number of rotatable bonds is 4. The molecule has 0 bridgehead atoms. The molecule has 2 aliphatic rings. The summed E-state index contributed by atoms with van der Waals surface area (Å²) in [5.74, 6) is -0.780. The van der Waals surface area contributed by atoms with Crippen LogP contribution in [0.25, 0.3) is 0 Å². The third-order valence-electron chi connectivity index (χ3n) is 5.35. The van der Waals surface area contributed by atoms with Gasteiger partial charge in [0.15, 0.2) is 5.78 Å². The first kappa shape index (κ1) is 17.9. The number of ketones is 1. The minimum absolute atomic E-state index is 0.176. The fourth-order valence-corrected chi connectivity index (χ4v) is 4.02. The molecule has 2 amide bonds. The molecular formula is C20H17FN4O3. The van der Waals surface area contributed by atoms with E-state index in [1.807, 2.05) is 6.07 Å². The number of carbonyl (C=O) groups excluding carboxylic acids is 2. The first-order valence-electron chi connectivity index (χ1n) is 8.91. The van der Waals surface area contributed by atoms with Crippen molar-refractivity contribution >= 4 is 17.6 Å². The van der Waals surface area contributed by atoms with Gasteiger partial charge in [0.25, 0.3) is 0 Å². The van der Waals surface area contributed by atoms with E-state index < -0.39 is 23.3 Å². The van der Waals surface area contributed by atoms with Gasteiger partial charge in [-0.25, -0.2) is 14.2 Å². The van der Waals surface area contributed by atoms with E-state index in [4.69, 9.17) is 10.00 Å². The maximum absolute atomic E-state index is 14.5. The predicted molar refractivity (Wildman–Crippen MR) is 97.3 cm³/mol. The number of nitrogens with zero attached hydrogens (tertiary/aromatic N) is 2. The fourth-order valence-electron chi connectivity index (χ4n) is 4.02. The van der Waals surface area contributed by atoms with Gasteiger partial charge in [0.1, 0.15) is 29.0 Å². The highest BCUT2D eigenvalue weighted by Gasteiger charge is 2.72. The van der Waals surface area contributed by atoms with Crippen molar-refractivity contribution in [1.82, 2.24) is 10.3 Å². The van der Waals surface area contributed by atoms with Gasteiger partial charge in [0.2, 0.25) is 0 Å². The van der Waals surface area contributed by atoms with Gasteiger partial charge in [-0.3, -0.25) is 10.1 Å². The molecule has 7 nitrogen and oxygen atoms in total. The largest absolute Gasteiger partial charge is 0.493 e. The molecule has 0 spiro atoms. The Kier molecular flexibility index (Phi) is 4.23.